The summed E-state index contributed by atoms with van der Waals surface area (Å²) in [5.74, 6) is -1.05. The molecule has 0 saturated heterocycles. The number of Topliss-reactive ketones (excluding diaryl/α,β-unsaturated/α-hetero) is 1. The minimum atomic E-state index is -0.928. The van der Waals surface area contributed by atoms with Gasteiger partial charge in [-0.05, 0) is 51.5 Å². The Labute approximate surface area is 157 Å². The van der Waals surface area contributed by atoms with Crippen LogP contribution in [0.25, 0.3) is 0 Å². The zero-order chi connectivity index (χ0) is 19.3. The Morgan fingerprint density at radius 2 is 1.81 bits per heavy atom. The van der Waals surface area contributed by atoms with Crippen LogP contribution in [0.4, 0.5) is 5.69 Å². The third-order valence-electron chi connectivity index (χ3n) is 3.89. The van der Waals surface area contributed by atoms with Gasteiger partial charge in [-0.15, -0.1) is 11.3 Å². The van der Waals surface area contributed by atoms with Gasteiger partial charge in [0.05, 0.1) is 11.3 Å². The fourth-order valence-corrected chi connectivity index (χ4v) is 3.26. The van der Waals surface area contributed by atoms with E-state index < -0.39 is 18.0 Å². The Balaban J connectivity index is 1.82. The maximum absolute atomic E-state index is 12.2. The molecule has 0 aliphatic carbocycles. The van der Waals surface area contributed by atoms with Crippen molar-refractivity contribution >= 4 is 34.7 Å². The number of hydrogen-bond donors (Lipinski definition) is 1. The molecule has 0 bridgehead atoms. The smallest absolute Gasteiger partial charge is 0.307 e. The molecule has 0 saturated carbocycles. The minimum Gasteiger partial charge on any atom is -0.453 e. The molecule has 0 radical (unpaired) electrons. The van der Waals surface area contributed by atoms with Crippen LogP contribution >= 0.6 is 11.3 Å². The molecule has 138 valence electrons. The summed E-state index contributed by atoms with van der Waals surface area (Å²) in [6.45, 7) is 7.31. The van der Waals surface area contributed by atoms with Gasteiger partial charge < -0.3 is 10.1 Å². The van der Waals surface area contributed by atoms with Crippen LogP contribution in [0, 0.1) is 20.8 Å². The summed E-state index contributed by atoms with van der Waals surface area (Å²) in [4.78, 5) is 37.8. The average Bonchev–Trinajstić information content (AvgIpc) is 3.01. The van der Waals surface area contributed by atoms with Gasteiger partial charge in [-0.2, -0.15) is 0 Å². The monoisotopic (exact) mass is 373 g/mol. The number of benzene rings is 1. The van der Waals surface area contributed by atoms with E-state index >= 15 is 0 Å². The standard InChI is InChI=1S/C20H23NO4S/c1-12-5-7-16(13(2)11-12)21-20(24)15(4)25-19(23)10-8-17(22)18-9-6-14(3)26-18/h5-7,9,11,15H,8,10H2,1-4H3,(H,21,24)/t15-/m1/s1. The Morgan fingerprint density at radius 1 is 1.08 bits per heavy atom. The summed E-state index contributed by atoms with van der Waals surface area (Å²) < 4.78 is 5.14. The summed E-state index contributed by atoms with van der Waals surface area (Å²) in [5.41, 5.74) is 2.73. The molecule has 6 heteroatoms. The highest BCUT2D eigenvalue weighted by atomic mass is 32.1. The van der Waals surface area contributed by atoms with Crippen molar-refractivity contribution in [3.05, 3.63) is 51.2 Å². The normalized spacial score (nSPS) is 11.7. The van der Waals surface area contributed by atoms with E-state index in [1.165, 1.54) is 18.3 Å². The van der Waals surface area contributed by atoms with Gasteiger partial charge in [-0.3, -0.25) is 14.4 Å². The van der Waals surface area contributed by atoms with Crippen molar-refractivity contribution in [3.8, 4) is 0 Å². The number of ketones is 1. The second-order valence-electron chi connectivity index (χ2n) is 6.27. The summed E-state index contributed by atoms with van der Waals surface area (Å²) in [6.07, 6.45) is -0.900. The molecule has 0 spiro atoms. The van der Waals surface area contributed by atoms with Crippen molar-refractivity contribution in [1.29, 1.82) is 0 Å². The van der Waals surface area contributed by atoms with Crippen LogP contribution in [0.3, 0.4) is 0 Å². The Hall–Kier alpha value is -2.47. The lowest BCUT2D eigenvalue weighted by molar-refractivity contribution is -0.153. The fourth-order valence-electron chi connectivity index (χ4n) is 2.42. The first kappa shape index (κ1) is 19.8. The summed E-state index contributed by atoms with van der Waals surface area (Å²) >= 11 is 1.40. The number of esters is 1. The van der Waals surface area contributed by atoms with Crippen molar-refractivity contribution in [2.45, 2.75) is 46.6 Å². The van der Waals surface area contributed by atoms with E-state index in [1.807, 2.05) is 45.0 Å². The highest BCUT2D eigenvalue weighted by Gasteiger charge is 2.19. The zero-order valence-electron chi connectivity index (χ0n) is 15.4. The number of nitrogens with one attached hydrogen (secondary N) is 1. The molecule has 0 aliphatic heterocycles. The number of hydrogen-bond acceptors (Lipinski definition) is 5. The van der Waals surface area contributed by atoms with E-state index in [-0.39, 0.29) is 18.6 Å². The van der Waals surface area contributed by atoms with E-state index in [2.05, 4.69) is 5.32 Å². The van der Waals surface area contributed by atoms with Crippen molar-refractivity contribution in [2.75, 3.05) is 5.32 Å². The van der Waals surface area contributed by atoms with Crippen LogP contribution in [0.15, 0.2) is 30.3 Å². The molecule has 5 nitrogen and oxygen atoms in total. The first-order valence-electron chi connectivity index (χ1n) is 8.43. The number of amides is 1. The van der Waals surface area contributed by atoms with E-state index in [0.717, 1.165) is 16.0 Å². The minimum absolute atomic E-state index is 0.0447. The molecule has 0 aliphatic rings. The van der Waals surface area contributed by atoms with Crippen molar-refractivity contribution in [1.82, 2.24) is 0 Å². The van der Waals surface area contributed by atoms with Crippen LogP contribution in [-0.4, -0.2) is 23.8 Å². The van der Waals surface area contributed by atoms with Gasteiger partial charge in [0.2, 0.25) is 0 Å². The SMILES string of the molecule is Cc1ccc(NC(=O)[C@@H](C)OC(=O)CCC(=O)c2ccc(C)s2)c(C)c1. The average molecular weight is 373 g/mol. The topological polar surface area (TPSA) is 72.5 Å². The van der Waals surface area contributed by atoms with Crippen LogP contribution in [0.1, 0.15) is 45.4 Å². The summed E-state index contributed by atoms with van der Waals surface area (Å²) in [5, 5.41) is 2.75. The quantitative estimate of drug-likeness (QED) is 0.583. The van der Waals surface area contributed by atoms with Gasteiger partial charge in [0.25, 0.3) is 5.91 Å². The number of rotatable bonds is 7. The number of anilines is 1. The molecule has 26 heavy (non-hydrogen) atoms. The Morgan fingerprint density at radius 3 is 2.42 bits per heavy atom. The predicted molar refractivity (Wildman–Crippen MR) is 103 cm³/mol. The molecular formula is C20H23NO4S. The van der Waals surface area contributed by atoms with Crippen LogP contribution in [-0.2, 0) is 14.3 Å². The first-order chi connectivity index (χ1) is 12.3. The molecule has 1 atom stereocenters. The molecular weight excluding hydrogens is 350 g/mol. The Bertz CT molecular complexity index is 825. The van der Waals surface area contributed by atoms with Gasteiger partial charge in [0.1, 0.15) is 0 Å². The third kappa shape index (κ3) is 5.52. The highest BCUT2D eigenvalue weighted by Crippen LogP contribution is 2.18. The lowest BCUT2D eigenvalue weighted by Crippen LogP contribution is -2.30. The molecule has 1 N–H and O–H groups in total. The van der Waals surface area contributed by atoms with Gasteiger partial charge >= 0.3 is 5.97 Å². The highest BCUT2D eigenvalue weighted by molar-refractivity contribution is 7.14. The zero-order valence-corrected chi connectivity index (χ0v) is 16.2. The molecule has 1 heterocycles. The maximum atomic E-state index is 12.2. The predicted octanol–water partition coefficient (Wildman–Crippen LogP) is 4.21. The van der Waals surface area contributed by atoms with Gasteiger partial charge in [0, 0.05) is 17.0 Å². The molecule has 2 aromatic rings. The molecule has 1 aromatic carbocycles. The largest absolute Gasteiger partial charge is 0.453 e. The number of thiophene rings is 1. The van der Waals surface area contributed by atoms with Crippen LogP contribution in [0.2, 0.25) is 0 Å². The first-order valence-corrected chi connectivity index (χ1v) is 9.25. The van der Waals surface area contributed by atoms with E-state index in [1.54, 1.807) is 6.07 Å². The third-order valence-corrected chi connectivity index (χ3v) is 4.93. The molecule has 2 rings (SSSR count). The second-order valence-corrected chi connectivity index (χ2v) is 7.56. The van der Waals surface area contributed by atoms with Crippen molar-refractivity contribution in [3.63, 3.8) is 0 Å². The molecule has 1 aromatic heterocycles. The molecule has 0 unspecified atom stereocenters. The van der Waals surface area contributed by atoms with Crippen molar-refractivity contribution < 1.29 is 19.1 Å². The number of carbonyl (C=O) groups is 3. The van der Waals surface area contributed by atoms with E-state index in [4.69, 9.17) is 4.74 Å². The second kappa shape index (κ2) is 8.76. The number of carbonyl (C=O) groups excluding carboxylic acids is 3. The van der Waals surface area contributed by atoms with E-state index in [0.29, 0.717) is 10.6 Å². The molecule has 1 amide bonds. The van der Waals surface area contributed by atoms with Crippen LogP contribution in [0.5, 0.6) is 0 Å². The van der Waals surface area contributed by atoms with Crippen molar-refractivity contribution in [2.24, 2.45) is 0 Å². The Kier molecular flexibility index (Phi) is 6.69. The number of aryl methyl sites for hydroxylation is 3. The number of ether oxygens (including phenoxy) is 1. The molecule has 0 fully saturated rings. The lowest BCUT2D eigenvalue weighted by atomic mass is 10.1. The summed E-state index contributed by atoms with van der Waals surface area (Å²) in [7, 11) is 0. The fraction of sp³-hybridized carbons (Fsp3) is 0.350. The van der Waals surface area contributed by atoms with Gasteiger partial charge in [-0.25, -0.2) is 0 Å². The van der Waals surface area contributed by atoms with Gasteiger partial charge in [-0.1, -0.05) is 17.7 Å². The summed E-state index contributed by atoms with van der Waals surface area (Å²) in [6, 6.07) is 9.31. The van der Waals surface area contributed by atoms with Crippen LogP contribution < -0.4 is 5.32 Å². The maximum Gasteiger partial charge on any atom is 0.307 e. The van der Waals surface area contributed by atoms with Gasteiger partial charge in [0.15, 0.2) is 11.9 Å². The van der Waals surface area contributed by atoms with E-state index in [9.17, 15) is 14.4 Å². The lowest BCUT2D eigenvalue weighted by Gasteiger charge is -2.15.